The number of piperidine rings is 1. The maximum Gasteiger partial charge on any atom is 0.251 e. The van der Waals surface area contributed by atoms with Gasteiger partial charge in [0, 0.05) is 30.1 Å². The summed E-state index contributed by atoms with van der Waals surface area (Å²) in [6.07, 6.45) is 1.18. The van der Waals surface area contributed by atoms with Crippen LogP contribution in [0.25, 0.3) is 11.1 Å². The van der Waals surface area contributed by atoms with Gasteiger partial charge in [0.05, 0.1) is 6.54 Å². The molecule has 0 aliphatic carbocycles. The molecule has 7 heteroatoms. The summed E-state index contributed by atoms with van der Waals surface area (Å²) in [5.41, 5.74) is 3.22. The lowest BCUT2D eigenvalue weighted by molar-refractivity contribution is -0.131. The van der Waals surface area contributed by atoms with Crippen molar-refractivity contribution >= 4 is 17.6 Å². The molecule has 3 aromatic rings. The molecule has 0 atom stereocenters. The van der Waals surface area contributed by atoms with Gasteiger partial charge < -0.3 is 19.7 Å². The van der Waals surface area contributed by atoms with Gasteiger partial charge in [-0.15, -0.1) is 0 Å². The number of fused-ring (bicyclic) bond motifs is 1. The lowest BCUT2D eigenvalue weighted by atomic mass is 9.88. The second-order valence-corrected chi connectivity index (χ2v) is 9.00. The molecule has 184 valence electrons. The minimum absolute atomic E-state index is 0.0614. The lowest BCUT2D eigenvalue weighted by Crippen LogP contribution is -2.45. The normalized spacial score (nSPS) is 15.3. The van der Waals surface area contributed by atoms with Crippen molar-refractivity contribution in [2.45, 2.75) is 12.8 Å². The summed E-state index contributed by atoms with van der Waals surface area (Å²) >= 11 is 0. The molecule has 0 radical (unpaired) electrons. The Hall–Kier alpha value is -4.13. The van der Waals surface area contributed by atoms with Gasteiger partial charge in [0.2, 0.25) is 5.91 Å². The third-order valence-corrected chi connectivity index (χ3v) is 6.70. The topological polar surface area (TPSA) is 84.9 Å². The van der Waals surface area contributed by atoms with Crippen LogP contribution in [0.15, 0.2) is 72.8 Å². The number of carbonyl (C=O) groups is 3. The Balaban J connectivity index is 1.10. The Kier molecular flexibility index (Phi) is 6.98. The third kappa shape index (κ3) is 5.25. The molecule has 0 unspecified atom stereocenters. The minimum atomic E-state index is -0.286. The number of benzene rings is 3. The summed E-state index contributed by atoms with van der Waals surface area (Å²) in [5.74, 6) is 0.749. The molecule has 36 heavy (non-hydrogen) atoms. The van der Waals surface area contributed by atoms with E-state index in [0.717, 1.165) is 11.1 Å². The first kappa shape index (κ1) is 23.6. The predicted octanol–water partition coefficient (Wildman–Crippen LogP) is 3.98. The minimum Gasteiger partial charge on any atom is -0.486 e. The molecule has 7 nitrogen and oxygen atoms in total. The first-order chi connectivity index (χ1) is 17.6. The lowest BCUT2D eigenvalue weighted by Gasteiger charge is -2.31. The van der Waals surface area contributed by atoms with Gasteiger partial charge in [-0.25, -0.2) is 0 Å². The summed E-state index contributed by atoms with van der Waals surface area (Å²) in [7, 11) is 0. The maximum absolute atomic E-state index is 13.0. The number of rotatable bonds is 6. The molecule has 0 bridgehead atoms. The zero-order chi connectivity index (χ0) is 24.9. The Morgan fingerprint density at radius 3 is 2.14 bits per heavy atom. The summed E-state index contributed by atoms with van der Waals surface area (Å²) in [6.45, 7) is 1.89. The van der Waals surface area contributed by atoms with Crippen molar-refractivity contribution in [1.29, 1.82) is 0 Å². The molecule has 1 saturated heterocycles. The smallest absolute Gasteiger partial charge is 0.251 e. The highest BCUT2D eigenvalue weighted by atomic mass is 16.6. The molecule has 1 N–H and O–H groups in total. The third-order valence-electron chi connectivity index (χ3n) is 6.70. The van der Waals surface area contributed by atoms with Gasteiger partial charge in [-0.3, -0.25) is 14.4 Å². The van der Waals surface area contributed by atoms with Gasteiger partial charge in [0.15, 0.2) is 17.3 Å². The Labute approximate surface area is 210 Å². The van der Waals surface area contributed by atoms with Crippen molar-refractivity contribution in [3.8, 4) is 22.6 Å². The van der Waals surface area contributed by atoms with Gasteiger partial charge in [-0.2, -0.15) is 0 Å². The summed E-state index contributed by atoms with van der Waals surface area (Å²) in [6, 6.07) is 22.5. The van der Waals surface area contributed by atoms with E-state index in [4.69, 9.17) is 9.47 Å². The largest absolute Gasteiger partial charge is 0.486 e. The molecule has 1 fully saturated rings. The van der Waals surface area contributed by atoms with Crippen molar-refractivity contribution in [3.63, 3.8) is 0 Å². The van der Waals surface area contributed by atoms with Crippen molar-refractivity contribution in [2.24, 2.45) is 5.92 Å². The SMILES string of the molecule is O=C(NCC(=O)N1CCC(C(=O)c2ccc3c(c2)OCCO3)CC1)c1ccc(-c2ccccc2)cc1. The second-order valence-electron chi connectivity index (χ2n) is 9.00. The molecule has 5 rings (SSSR count). The quantitative estimate of drug-likeness (QED) is 0.535. The zero-order valence-electron chi connectivity index (χ0n) is 19.9. The highest BCUT2D eigenvalue weighted by Gasteiger charge is 2.29. The molecular formula is C29H28N2O5. The van der Waals surface area contributed by atoms with E-state index in [-0.39, 0.29) is 30.1 Å². The first-order valence-corrected chi connectivity index (χ1v) is 12.2. The van der Waals surface area contributed by atoms with Crippen molar-refractivity contribution in [3.05, 3.63) is 83.9 Å². The van der Waals surface area contributed by atoms with Crippen LogP contribution in [0.4, 0.5) is 0 Å². The van der Waals surface area contributed by atoms with E-state index in [1.54, 1.807) is 35.2 Å². The van der Waals surface area contributed by atoms with Gasteiger partial charge in [-0.1, -0.05) is 42.5 Å². The van der Waals surface area contributed by atoms with Crippen LogP contribution in [0.5, 0.6) is 11.5 Å². The fourth-order valence-corrected chi connectivity index (χ4v) is 4.64. The average Bonchev–Trinajstić information content (AvgIpc) is 2.95. The number of carbonyl (C=O) groups excluding carboxylic acids is 3. The Morgan fingerprint density at radius 2 is 1.42 bits per heavy atom. The van der Waals surface area contributed by atoms with Gasteiger partial charge in [-0.05, 0) is 54.3 Å². The van der Waals surface area contributed by atoms with Crippen LogP contribution in [0.2, 0.25) is 0 Å². The molecule has 2 amide bonds. The molecule has 2 aliphatic rings. The van der Waals surface area contributed by atoms with Gasteiger partial charge >= 0.3 is 0 Å². The zero-order valence-corrected chi connectivity index (χ0v) is 19.9. The molecule has 2 heterocycles. The number of Topliss-reactive ketones (excluding diaryl/α,β-unsaturated/α-hetero) is 1. The van der Waals surface area contributed by atoms with Gasteiger partial charge in [0.25, 0.3) is 5.91 Å². The van der Waals surface area contributed by atoms with Crippen molar-refractivity contribution in [2.75, 3.05) is 32.8 Å². The fraction of sp³-hybridized carbons (Fsp3) is 0.276. The number of hydrogen-bond acceptors (Lipinski definition) is 5. The van der Waals surface area contributed by atoms with E-state index in [1.165, 1.54) is 0 Å². The first-order valence-electron chi connectivity index (χ1n) is 12.2. The number of likely N-dealkylation sites (tertiary alicyclic amines) is 1. The summed E-state index contributed by atoms with van der Waals surface area (Å²) < 4.78 is 11.1. The van der Waals surface area contributed by atoms with Crippen LogP contribution in [-0.4, -0.2) is 55.3 Å². The maximum atomic E-state index is 13.0. The fourth-order valence-electron chi connectivity index (χ4n) is 4.64. The van der Waals surface area contributed by atoms with E-state index < -0.39 is 0 Å². The predicted molar refractivity (Wildman–Crippen MR) is 135 cm³/mol. The van der Waals surface area contributed by atoms with Crippen LogP contribution >= 0.6 is 0 Å². The number of hydrogen-bond donors (Lipinski definition) is 1. The highest BCUT2D eigenvalue weighted by Crippen LogP contribution is 2.32. The van der Waals surface area contributed by atoms with Crippen LogP contribution in [0, 0.1) is 5.92 Å². The number of ketones is 1. The van der Waals surface area contributed by atoms with E-state index in [2.05, 4.69) is 5.32 Å². The van der Waals surface area contributed by atoms with Crippen molar-refractivity contribution < 1.29 is 23.9 Å². The number of amides is 2. The van der Waals surface area contributed by atoms with E-state index in [0.29, 0.717) is 61.8 Å². The molecule has 0 saturated carbocycles. The second kappa shape index (κ2) is 10.6. The van der Waals surface area contributed by atoms with Crippen LogP contribution in [-0.2, 0) is 4.79 Å². The number of nitrogens with zero attached hydrogens (tertiary/aromatic N) is 1. The monoisotopic (exact) mass is 484 g/mol. The molecule has 3 aromatic carbocycles. The number of nitrogens with one attached hydrogen (secondary N) is 1. The van der Waals surface area contributed by atoms with E-state index in [1.807, 2.05) is 42.5 Å². The Morgan fingerprint density at radius 1 is 0.778 bits per heavy atom. The highest BCUT2D eigenvalue weighted by molar-refractivity contribution is 5.99. The molecule has 0 aromatic heterocycles. The average molecular weight is 485 g/mol. The van der Waals surface area contributed by atoms with E-state index >= 15 is 0 Å². The number of ether oxygens (including phenoxy) is 2. The van der Waals surface area contributed by atoms with Crippen LogP contribution in [0.3, 0.4) is 0 Å². The molecule has 0 spiro atoms. The van der Waals surface area contributed by atoms with Crippen LogP contribution < -0.4 is 14.8 Å². The Bertz CT molecular complexity index is 1250. The van der Waals surface area contributed by atoms with E-state index in [9.17, 15) is 14.4 Å². The van der Waals surface area contributed by atoms with Crippen LogP contribution in [0.1, 0.15) is 33.6 Å². The summed E-state index contributed by atoms with van der Waals surface area (Å²) in [4.78, 5) is 39.9. The standard InChI is InChI=1S/C29H28N2O5/c32-27(19-30-29(34)23-8-6-21(7-9-23)20-4-2-1-3-5-20)31-14-12-22(13-15-31)28(33)24-10-11-25-26(18-24)36-17-16-35-25/h1-11,18,22H,12-17,19H2,(H,30,34). The molecular weight excluding hydrogens is 456 g/mol. The summed E-state index contributed by atoms with van der Waals surface area (Å²) in [5, 5.41) is 2.72. The van der Waals surface area contributed by atoms with Crippen molar-refractivity contribution in [1.82, 2.24) is 10.2 Å². The van der Waals surface area contributed by atoms with Gasteiger partial charge in [0.1, 0.15) is 13.2 Å². The molecule has 2 aliphatic heterocycles.